The monoisotopic (exact) mass is 1180 g/mol. The third kappa shape index (κ3) is 63.5. The molecule has 0 aromatic heterocycles. The van der Waals surface area contributed by atoms with E-state index in [0.717, 1.165) is 103 Å². The Hall–Kier alpha value is -2.81. The van der Waals surface area contributed by atoms with Gasteiger partial charge in [0.15, 0.2) is 0 Å². The molecule has 1 amide bonds. The van der Waals surface area contributed by atoms with Gasteiger partial charge in [0, 0.05) is 12.8 Å². The molecule has 0 saturated carbocycles. The lowest BCUT2D eigenvalue weighted by Crippen LogP contribution is -2.47. The third-order valence-electron chi connectivity index (χ3n) is 15.3. The number of carbonyl (C=O) groups excluding carboxylic acids is 2. The molecule has 0 aliphatic rings. The normalized spacial score (nSPS) is 14.1. The number of ether oxygens (including phenoxy) is 1. The topological polar surface area (TPSA) is 114 Å². The number of allylic oxidation sites excluding steroid dienone is 13. The molecule has 0 spiro atoms. The number of nitrogens with zero attached hydrogens (tertiary/aromatic N) is 1. The van der Waals surface area contributed by atoms with E-state index < -0.39 is 26.6 Å². The number of hydrogen-bond acceptors (Lipinski definition) is 7. The lowest BCUT2D eigenvalue weighted by molar-refractivity contribution is -0.870. The molecule has 0 radical (unpaired) electrons. The minimum absolute atomic E-state index is 0.0263. The Balaban J connectivity index is 5.07. The predicted octanol–water partition coefficient (Wildman–Crippen LogP) is 21.5. The molecule has 3 atom stereocenters. The van der Waals surface area contributed by atoms with Crippen LogP contribution in [0.5, 0.6) is 0 Å². The minimum atomic E-state index is -4.71. The number of amides is 1. The summed E-state index contributed by atoms with van der Waals surface area (Å²) in [5.74, 6) is -0.545. The van der Waals surface area contributed by atoms with Crippen molar-refractivity contribution in [3.05, 3.63) is 85.1 Å². The van der Waals surface area contributed by atoms with Gasteiger partial charge >= 0.3 is 5.97 Å². The molecular weight excluding hydrogens is 1050 g/mol. The number of likely N-dealkylation sites (N-methyl/N-ethyl adjacent to an activating group) is 1. The highest BCUT2D eigenvalue weighted by atomic mass is 31.2. The average Bonchev–Trinajstić information content (AvgIpc) is 3.51. The van der Waals surface area contributed by atoms with E-state index >= 15 is 0 Å². The molecule has 0 fully saturated rings. The number of unbranched alkanes of at least 4 members (excludes halogenated alkanes) is 35. The molecule has 482 valence electrons. The molecule has 0 aliphatic heterocycles. The summed E-state index contributed by atoms with van der Waals surface area (Å²) in [5, 5.41) is 3.04. The molecular formula is C73H133N2O7P. The zero-order valence-electron chi connectivity index (χ0n) is 55.1. The first kappa shape index (κ1) is 80.2. The third-order valence-corrected chi connectivity index (χ3v) is 16.3. The first-order chi connectivity index (χ1) is 40.4. The zero-order chi connectivity index (χ0) is 60.7. The highest BCUT2D eigenvalue weighted by Crippen LogP contribution is 2.38. The molecule has 10 heteroatoms. The van der Waals surface area contributed by atoms with Crippen LogP contribution in [0, 0.1) is 0 Å². The average molecular weight is 1180 g/mol. The SMILES string of the molecule is CCCCC/C=C\C/C=C\C/C=C\CCCCCCCCCCCCC(=O)NC(COP(=O)([O-])OCC[N+](C)(C)C)C(/C=C/CCCCCCCCCCC)OC(=O)CCCCCCCCCCCC/C=C\C/C=C\C/C=C\CCCCC. The molecule has 0 aromatic carbocycles. The van der Waals surface area contributed by atoms with Crippen LogP contribution < -0.4 is 10.2 Å². The van der Waals surface area contributed by atoms with E-state index in [2.05, 4.69) is 99.0 Å². The van der Waals surface area contributed by atoms with Gasteiger partial charge in [-0.1, -0.05) is 280 Å². The van der Waals surface area contributed by atoms with Crippen molar-refractivity contribution in [2.75, 3.05) is 40.9 Å². The number of nitrogens with one attached hydrogen (secondary N) is 1. The van der Waals surface area contributed by atoms with E-state index in [1.54, 1.807) is 0 Å². The van der Waals surface area contributed by atoms with Crippen molar-refractivity contribution >= 4 is 19.7 Å². The fraction of sp³-hybridized carbons (Fsp3) is 0.781. The first-order valence-corrected chi connectivity index (χ1v) is 36.4. The fourth-order valence-electron chi connectivity index (χ4n) is 9.89. The van der Waals surface area contributed by atoms with Crippen molar-refractivity contribution in [2.24, 2.45) is 0 Å². The number of esters is 1. The van der Waals surface area contributed by atoms with Crippen LogP contribution in [0.25, 0.3) is 0 Å². The van der Waals surface area contributed by atoms with Crippen LogP contribution >= 0.6 is 7.82 Å². The Labute approximate surface area is 514 Å². The number of carbonyl (C=O) groups is 2. The molecule has 3 unspecified atom stereocenters. The van der Waals surface area contributed by atoms with Crippen LogP contribution in [0.4, 0.5) is 0 Å². The minimum Gasteiger partial charge on any atom is -0.756 e. The van der Waals surface area contributed by atoms with Gasteiger partial charge in [-0.05, 0) is 109 Å². The van der Waals surface area contributed by atoms with Crippen molar-refractivity contribution in [3.63, 3.8) is 0 Å². The van der Waals surface area contributed by atoms with E-state index in [0.29, 0.717) is 17.4 Å². The van der Waals surface area contributed by atoms with Crippen molar-refractivity contribution in [1.82, 2.24) is 5.32 Å². The van der Waals surface area contributed by atoms with E-state index in [4.69, 9.17) is 13.8 Å². The smallest absolute Gasteiger partial charge is 0.306 e. The lowest BCUT2D eigenvalue weighted by atomic mass is 10.0. The quantitative estimate of drug-likeness (QED) is 0.0212. The molecule has 9 nitrogen and oxygen atoms in total. The van der Waals surface area contributed by atoms with Gasteiger partial charge in [-0.2, -0.15) is 0 Å². The molecule has 0 aliphatic carbocycles. The van der Waals surface area contributed by atoms with Crippen LogP contribution in [-0.2, 0) is 27.9 Å². The van der Waals surface area contributed by atoms with E-state index in [-0.39, 0.29) is 24.9 Å². The Bertz CT molecular complexity index is 1700. The largest absolute Gasteiger partial charge is 0.756 e. The van der Waals surface area contributed by atoms with Gasteiger partial charge in [0.2, 0.25) is 5.91 Å². The van der Waals surface area contributed by atoms with Gasteiger partial charge < -0.3 is 28.5 Å². The summed E-state index contributed by atoms with van der Waals surface area (Å²) in [5.41, 5.74) is 0. The Morgan fingerprint density at radius 3 is 1.12 bits per heavy atom. The van der Waals surface area contributed by atoms with Gasteiger partial charge in [-0.15, -0.1) is 0 Å². The number of phosphoric ester groups is 1. The van der Waals surface area contributed by atoms with Gasteiger partial charge in [0.25, 0.3) is 7.82 Å². The molecule has 0 aromatic rings. The van der Waals surface area contributed by atoms with Crippen LogP contribution in [0.3, 0.4) is 0 Å². The summed E-state index contributed by atoms with van der Waals surface area (Å²) in [6.45, 7) is 6.80. The standard InChI is InChI=1S/C73H133N2O7P/c1-7-10-13-16-19-22-25-27-29-31-33-35-37-39-41-43-45-47-50-53-56-59-62-65-72(76)74-70(69-81-83(78,79)80-68-67-75(4,5)6)71(64-61-58-55-52-49-24-21-18-15-12-9-3)82-73(77)66-63-60-57-54-51-48-46-44-42-40-38-36-34-32-30-28-26-23-20-17-14-11-8-2/h19-20,22-23,27-30,33-36,61,64,70-71H,7-18,21,24-26,31-32,37-60,62-63,65-69H2,1-6H3,(H-,74,76,78,79)/b22-19-,23-20-,29-27-,30-28-,35-33-,36-34-,64-61+. The second-order valence-corrected chi connectivity index (χ2v) is 26.1. The number of hydrogen-bond donors (Lipinski definition) is 1. The highest BCUT2D eigenvalue weighted by molar-refractivity contribution is 7.45. The van der Waals surface area contributed by atoms with Gasteiger partial charge in [0.05, 0.1) is 33.8 Å². The molecule has 1 N–H and O–H groups in total. The maximum atomic E-state index is 13.6. The fourth-order valence-corrected chi connectivity index (χ4v) is 10.6. The van der Waals surface area contributed by atoms with E-state index in [1.807, 2.05) is 33.3 Å². The zero-order valence-corrected chi connectivity index (χ0v) is 56.0. The van der Waals surface area contributed by atoms with Crippen molar-refractivity contribution in [3.8, 4) is 0 Å². The molecule has 0 heterocycles. The summed E-state index contributed by atoms with van der Waals surface area (Å²) < 4.78 is 30.4. The lowest BCUT2D eigenvalue weighted by Gasteiger charge is -2.30. The molecule has 0 saturated heterocycles. The molecule has 0 bridgehead atoms. The van der Waals surface area contributed by atoms with Crippen LogP contribution in [0.15, 0.2) is 85.1 Å². The van der Waals surface area contributed by atoms with Crippen LogP contribution in [0.2, 0.25) is 0 Å². The summed E-state index contributed by atoms with van der Waals surface area (Å²) in [6.07, 6.45) is 82.7. The number of phosphoric acid groups is 1. The Morgan fingerprint density at radius 1 is 0.422 bits per heavy atom. The number of rotatable bonds is 63. The van der Waals surface area contributed by atoms with Gasteiger partial charge in [-0.25, -0.2) is 0 Å². The van der Waals surface area contributed by atoms with Crippen molar-refractivity contribution in [2.45, 2.75) is 328 Å². The molecule has 83 heavy (non-hydrogen) atoms. The summed E-state index contributed by atoms with van der Waals surface area (Å²) in [7, 11) is 1.18. The summed E-state index contributed by atoms with van der Waals surface area (Å²) in [4.78, 5) is 40.1. The predicted molar refractivity (Wildman–Crippen MR) is 358 cm³/mol. The second-order valence-electron chi connectivity index (χ2n) is 24.7. The Morgan fingerprint density at radius 2 is 0.735 bits per heavy atom. The van der Waals surface area contributed by atoms with Crippen molar-refractivity contribution in [1.29, 1.82) is 0 Å². The summed E-state index contributed by atoms with van der Waals surface area (Å²) >= 11 is 0. The van der Waals surface area contributed by atoms with E-state index in [9.17, 15) is 19.0 Å². The van der Waals surface area contributed by atoms with Crippen molar-refractivity contribution < 1.29 is 37.3 Å². The summed E-state index contributed by atoms with van der Waals surface area (Å²) in [6, 6.07) is -0.896. The maximum absolute atomic E-state index is 13.6. The molecule has 0 rings (SSSR count). The maximum Gasteiger partial charge on any atom is 0.306 e. The van der Waals surface area contributed by atoms with Crippen LogP contribution in [-0.4, -0.2) is 69.4 Å². The van der Waals surface area contributed by atoms with Crippen LogP contribution in [0.1, 0.15) is 316 Å². The van der Waals surface area contributed by atoms with E-state index in [1.165, 1.54) is 180 Å². The van der Waals surface area contributed by atoms with Gasteiger partial charge in [-0.3, -0.25) is 14.2 Å². The number of quaternary nitrogens is 1. The Kier molecular flexibility index (Phi) is 60.1. The van der Waals surface area contributed by atoms with Gasteiger partial charge in [0.1, 0.15) is 19.3 Å². The first-order valence-electron chi connectivity index (χ1n) is 34.9. The second kappa shape index (κ2) is 62.2. The highest BCUT2D eigenvalue weighted by Gasteiger charge is 2.27.